The molecule has 0 spiro atoms. The third kappa shape index (κ3) is 3.37. The van der Waals surface area contributed by atoms with Crippen LogP contribution in [-0.4, -0.2) is 29.2 Å². The van der Waals surface area contributed by atoms with E-state index >= 15 is 0 Å². The van der Waals surface area contributed by atoms with Gasteiger partial charge in [0, 0.05) is 41.7 Å². The normalized spacial score (nSPS) is 21.2. The lowest BCUT2D eigenvalue weighted by Crippen LogP contribution is -2.42. The van der Waals surface area contributed by atoms with Gasteiger partial charge in [0.1, 0.15) is 11.0 Å². The van der Waals surface area contributed by atoms with E-state index < -0.39 is 12.1 Å². The Morgan fingerprint density at radius 2 is 2.11 bits per heavy atom. The summed E-state index contributed by atoms with van der Waals surface area (Å²) in [6, 6.07) is 1.50. The molecule has 0 saturated carbocycles. The fourth-order valence-electron chi connectivity index (χ4n) is 1.99. The van der Waals surface area contributed by atoms with Crippen LogP contribution in [0.3, 0.4) is 0 Å². The van der Waals surface area contributed by atoms with Gasteiger partial charge in [-0.05, 0) is 12.8 Å². The molecule has 0 radical (unpaired) electrons. The minimum Gasteiger partial charge on any atom is -0.356 e. The van der Waals surface area contributed by atoms with Gasteiger partial charge in [-0.2, -0.15) is 13.2 Å². The Morgan fingerprint density at radius 3 is 2.72 bits per heavy atom. The highest BCUT2D eigenvalue weighted by Crippen LogP contribution is 2.34. The number of halogens is 5. The van der Waals surface area contributed by atoms with Gasteiger partial charge in [-0.15, -0.1) is 0 Å². The van der Waals surface area contributed by atoms with Gasteiger partial charge >= 0.3 is 6.18 Å². The third-order valence-electron chi connectivity index (χ3n) is 2.86. The van der Waals surface area contributed by atoms with Gasteiger partial charge in [-0.25, -0.2) is 9.97 Å². The van der Waals surface area contributed by atoms with Gasteiger partial charge in [0.25, 0.3) is 0 Å². The number of alkyl halides is 3. The first-order valence-corrected chi connectivity index (χ1v) is 6.83. The van der Waals surface area contributed by atoms with Crippen molar-refractivity contribution in [3.05, 3.63) is 15.1 Å². The molecule has 2 rings (SSSR count). The van der Waals surface area contributed by atoms with E-state index in [1.807, 2.05) is 22.6 Å². The molecule has 0 aromatic carbocycles. The number of nitrogens with zero attached hydrogens (tertiary/aromatic N) is 3. The fraction of sp³-hybridized carbons (Fsp3) is 0.600. The summed E-state index contributed by atoms with van der Waals surface area (Å²) in [7, 11) is 0. The van der Waals surface area contributed by atoms with Crippen molar-refractivity contribution in [3.63, 3.8) is 0 Å². The Hall–Kier alpha value is -0.310. The van der Waals surface area contributed by atoms with Crippen LogP contribution in [0, 0.1) is 9.75 Å². The smallest absolute Gasteiger partial charge is 0.356 e. The average Bonchev–Trinajstić information content (AvgIpc) is 2.27. The lowest BCUT2D eigenvalue weighted by molar-refractivity contribution is -0.176. The summed E-state index contributed by atoms with van der Waals surface area (Å²) in [5.41, 5.74) is 0. The Balaban J connectivity index is 2.18. The van der Waals surface area contributed by atoms with Crippen molar-refractivity contribution in [3.8, 4) is 0 Å². The maximum absolute atomic E-state index is 12.7. The number of anilines is 1. The summed E-state index contributed by atoms with van der Waals surface area (Å²) in [5.74, 6) is -0.828. The second-order valence-electron chi connectivity index (χ2n) is 4.14. The predicted molar refractivity (Wildman–Crippen MR) is 70.8 cm³/mol. The Kier molecular flexibility index (Phi) is 4.20. The van der Waals surface area contributed by atoms with Gasteiger partial charge in [-0.1, -0.05) is 11.6 Å². The van der Waals surface area contributed by atoms with Crippen LogP contribution in [0.4, 0.5) is 19.0 Å². The van der Waals surface area contributed by atoms with Gasteiger partial charge < -0.3 is 4.90 Å². The zero-order valence-electron chi connectivity index (χ0n) is 9.21. The van der Waals surface area contributed by atoms with Crippen molar-refractivity contribution in [1.29, 1.82) is 0 Å². The number of hydrogen-bond donors (Lipinski definition) is 0. The summed E-state index contributed by atoms with van der Waals surface area (Å²) in [6.07, 6.45) is -3.47. The van der Waals surface area contributed by atoms with Gasteiger partial charge in [0.05, 0.1) is 5.92 Å². The Bertz CT molecular complexity index is 421. The van der Waals surface area contributed by atoms with E-state index in [0.717, 1.165) is 0 Å². The van der Waals surface area contributed by atoms with Crippen LogP contribution in [0.15, 0.2) is 6.07 Å². The van der Waals surface area contributed by atoms with Crippen LogP contribution in [0.25, 0.3) is 0 Å². The molecule has 1 aliphatic heterocycles. The summed E-state index contributed by atoms with van der Waals surface area (Å²) in [4.78, 5) is 9.64. The molecule has 2 heterocycles. The summed E-state index contributed by atoms with van der Waals surface area (Å²) in [5, 5.41) is 0.249. The molecule has 8 heteroatoms. The maximum atomic E-state index is 12.7. The molecule has 0 bridgehead atoms. The fourth-order valence-corrected chi connectivity index (χ4v) is 2.82. The van der Waals surface area contributed by atoms with Crippen LogP contribution < -0.4 is 4.90 Å². The maximum Gasteiger partial charge on any atom is 0.393 e. The predicted octanol–water partition coefficient (Wildman–Crippen LogP) is 3.51. The minimum absolute atomic E-state index is 0.0626. The van der Waals surface area contributed by atoms with E-state index in [4.69, 9.17) is 11.6 Å². The van der Waals surface area contributed by atoms with Crippen LogP contribution in [0.1, 0.15) is 12.8 Å². The average molecular weight is 392 g/mol. The number of rotatable bonds is 1. The van der Waals surface area contributed by atoms with Crippen LogP contribution in [-0.2, 0) is 0 Å². The van der Waals surface area contributed by atoms with Gasteiger partial charge in [0.15, 0.2) is 3.83 Å². The molecule has 1 atom stereocenters. The first-order valence-electron chi connectivity index (χ1n) is 5.38. The molecule has 1 aliphatic rings. The molecule has 1 saturated heterocycles. The molecule has 1 fully saturated rings. The van der Waals surface area contributed by atoms with Crippen molar-refractivity contribution in [2.75, 3.05) is 18.0 Å². The molecule has 18 heavy (non-hydrogen) atoms. The van der Waals surface area contributed by atoms with E-state index in [1.54, 1.807) is 4.90 Å². The standard InChI is InChI=1S/C10H10ClF3IN3/c11-7-4-8(17-9(15)16-7)18-3-1-2-6(5-18)10(12,13)14/h4,6H,1-3,5H2. The highest BCUT2D eigenvalue weighted by molar-refractivity contribution is 14.1. The first kappa shape index (κ1) is 14.1. The summed E-state index contributed by atoms with van der Waals surface area (Å²) >= 11 is 7.68. The third-order valence-corrected chi connectivity index (χ3v) is 3.54. The molecule has 1 unspecified atom stereocenters. The van der Waals surface area contributed by atoms with Crippen molar-refractivity contribution in [2.24, 2.45) is 5.92 Å². The van der Waals surface area contributed by atoms with E-state index in [1.165, 1.54) is 6.07 Å². The zero-order valence-corrected chi connectivity index (χ0v) is 12.1. The Labute approximate surface area is 121 Å². The van der Waals surface area contributed by atoms with Crippen molar-refractivity contribution >= 4 is 40.0 Å². The molecular formula is C10H10ClF3IN3. The second kappa shape index (κ2) is 5.36. The van der Waals surface area contributed by atoms with Crippen molar-refractivity contribution in [1.82, 2.24) is 9.97 Å². The van der Waals surface area contributed by atoms with Crippen LogP contribution in [0.2, 0.25) is 5.15 Å². The van der Waals surface area contributed by atoms with Crippen LogP contribution >= 0.6 is 34.2 Å². The summed E-state index contributed by atoms with van der Waals surface area (Å²) in [6.45, 7) is 0.503. The molecule has 3 nitrogen and oxygen atoms in total. The lowest BCUT2D eigenvalue weighted by atomic mass is 9.97. The number of piperidine rings is 1. The van der Waals surface area contributed by atoms with Crippen molar-refractivity contribution in [2.45, 2.75) is 19.0 Å². The van der Waals surface area contributed by atoms with E-state index in [-0.39, 0.29) is 18.1 Å². The molecule has 0 amide bonds. The van der Waals surface area contributed by atoms with E-state index in [2.05, 4.69) is 9.97 Å². The second-order valence-corrected chi connectivity index (χ2v) is 5.50. The van der Waals surface area contributed by atoms with Gasteiger partial charge in [0.2, 0.25) is 0 Å². The SMILES string of the molecule is FC(F)(F)C1CCCN(c2cc(Cl)nc(I)n2)C1. The molecule has 0 N–H and O–H groups in total. The molecule has 1 aromatic rings. The molecule has 100 valence electrons. The molecular weight excluding hydrogens is 381 g/mol. The lowest BCUT2D eigenvalue weighted by Gasteiger charge is -2.34. The first-order chi connectivity index (χ1) is 8.36. The zero-order chi connectivity index (χ0) is 13.3. The largest absolute Gasteiger partial charge is 0.393 e. The highest BCUT2D eigenvalue weighted by Gasteiger charge is 2.42. The van der Waals surface area contributed by atoms with Crippen LogP contribution in [0.5, 0.6) is 0 Å². The van der Waals surface area contributed by atoms with E-state index in [0.29, 0.717) is 22.6 Å². The Morgan fingerprint density at radius 1 is 1.39 bits per heavy atom. The topological polar surface area (TPSA) is 29.0 Å². The summed E-state index contributed by atoms with van der Waals surface area (Å²) < 4.78 is 38.5. The minimum atomic E-state index is -4.15. The van der Waals surface area contributed by atoms with E-state index in [9.17, 15) is 13.2 Å². The highest BCUT2D eigenvalue weighted by atomic mass is 127. The number of hydrogen-bond acceptors (Lipinski definition) is 3. The van der Waals surface area contributed by atoms with Crippen molar-refractivity contribution < 1.29 is 13.2 Å². The van der Waals surface area contributed by atoms with Gasteiger partial charge in [-0.3, -0.25) is 0 Å². The monoisotopic (exact) mass is 391 g/mol. The molecule has 0 aliphatic carbocycles. The molecule has 1 aromatic heterocycles. The number of aromatic nitrogens is 2. The quantitative estimate of drug-likeness (QED) is 0.417.